The summed E-state index contributed by atoms with van der Waals surface area (Å²) in [6.07, 6.45) is 0. The Hall–Kier alpha value is -1.63. The minimum Gasteiger partial charge on any atom is -0.302 e. The molecular formula is C18H15BrClN3OS. The summed E-state index contributed by atoms with van der Waals surface area (Å²) in [5.74, 6) is 1.08. The quantitative estimate of drug-likeness (QED) is 0.386. The lowest BCUT2D eigenvalue weighted by atomic mass is 10.2. The maximum Gasteiger partial charge on any atom is 0.191 e. The van der Waals surface area contributed by atoms with Gasteiger partial charge in [0.25, 0.3) is 0 Å². The van der Waals surface area contributed by atoms with Gasteiger partial charge in [-0.15, -0.1) is 10.2 Å². The number of carbonyl (C=O) groups is 1. The molecule has 0 unspecified atom stereocenters. The van der Waals surface area contributed by atoms with E-state index in [1.165, 1.54) is 11.8 Å². The lowest BCUT2D eigenvalue weighted by Gasteiger charge is -2.08. The molecule has 1 heterocycles. The van der Waals surface area contributed by atoms with E-state index in [1.54, 1.807) is 0 Å². The average Bonchev–Trinajstić information content (AvgIpc) is 3.03. The highest BCUT2D eigenvalue weighted by atomic mass is 79.9. The van der Waals surface area contributed by atoms with Gasteiger partial charge in [-0.2, -0.15) is 0 Å². The normalized spacial score (nSPS) is 10.8. The Kier molecular flexibility index (Phi) is 5.93. The Balaban J connectivity index is 1.78. The summed E-state index contributed by atoms with van der Waals surface area (Å²) >= 11 is 11.0. The molecule has 0 N–H and O–H groups in total. The smallest absolute Gasteiger partial charge is 0.191 e. The fourth-order valence-corrected chi connectivity index (χ4v) is 3.75. The van der Waals surface area contributed by atoms with Crippen LogP contribution in [0, 0.1) is 0 Å². The minimum atomic E-state index is 0.0578. The summed E-state index contributed by atoms with van der Waals surface area (Å²) < 4.78 is 2.92. The number of halogens is 2. The third-order valence-corrected chi connectivity index (χ3v) is 5.47. The lowest BCUT2D eigenvalue weighted by molar-refractivity contribution is 0.102. The molecule has 0 amide bonds. The maximum atomic E-state index is 12.3. The second-order valence-corrected chi connectivity index (χ2v) is 7.51. The third kappa shape index (κ3) is 4.14. The van der Waals surface area contributed by atoms with E-state index in [9.17, 15) is 4.79 Å². The van der Waals surface area contributed by atoms with Crippen molar-refractivity contribution in [2.75, 3.05) is 5.75 Å². The van der Waals surface area contributed by atoms with Crippen molar-refractivity contribution in [2.24, 2.45) is 0 Å². The van der Waals surface area contributed by atoms with E-state index < -0.39 is 0 Å². The molecule has 0 atom stereocenters. The topological polar surface area (TPSA) is 47.8 Å². The summed E-state index contributed by atoms with van der Waals surface area (Å²) in [6.45, 7) is 2.71. The van der Waals surface area contributed by atoms with Gasteiger partial charge >= 0.3 is 0 Å². The van der Waals surface area contributed by atoms with E-state index in [2.05, 4.69) is 26.1 Å². The van der Waals surface area contributed by atoms with Crippen molar-refractivity contribution in [3.8, 4) is 11.4 Å². The van der Waals surface area contributed by atoms with Crippen molar-refractivity contribution in [3.63, 3.8) is 0 Å². The predicted octanol–water partition coefficient (Wildman–Crippen LogP) is 5.36. The van der Waals surface area contributed by atoms with Crippen LogP contribution < -0.4 is 0 Å². The molecule has 0 saturated carbocycles. The molecule has 25 heavy (non-hydrogen) atoms. The molecule has 0 aliphatic carbocycles. The molecule has 0 radical (unpaired) electrons. The van der Waals surface area contributed by atoms with Crippen LogP contribution in [0.3, 0.4) is 0 Å². The molecule has 128 valence electrons. The van der Waals surface area contributed by atoms with E-state index in [4.69, 9.17) is 11.6 Å². The van der Waals surface area contributed by atoms with Crippen LogP contribution in [0.2, 0.25) is 5.02 Å². The Morgan fingerprint density at radius 3 is 2.56 bits per heavy atom. The fraction of sp³-hybridized carbons (Fsp3) is 0.167. The first-order chi connectivity index (χ1) is 12.1. The van der Waals surface area contributed by atoms with Crippen LogP contribution in [0.25, 0.3) is 11.4 Å². The Bertz CT molecular complexity index is 896. The summed E-state index contributed by atoms with van der Waals surface area (Å²) in [7, 11) is 0. The van der Waals surface area contributed by atoms with Crippen LogP contribution in [-0.2, 0) is 6.54 Å². The van der Waals surface area contributed by atoms with Crippen molar-refractivity contribution in [3.05, 3.63) is 63.6 Å². The van der Waals surface area contributed by atoms with Gasteiger partial charge in [0.15, 0.2) is 16.8 Å². The van der Waals surface area contributed by atoms with Crippen LogP contribution in [0.15, 0.2) is 58.2 Å². The van der Waals surface area contributed by atoms with Crippen LogP contribution >= 0.6 is 39.3 Å². The van der Waals surface area contributed by atoms with Crippen LogP contribution in [0.5, 0.6) is 0 Å². The second kappa shape index (κ2) is 8.17. The van der Waals surface area contributed by atoms with Crippen molar-refractivity contribution < 1.29 is 4.79 Å². The number of Topliss-reactive ketones (excluding diaryl/α,β-unsaturated/α-hetero) is 1. The van der Waals surface area contributed by atoms with Crippen molar-refractivity contribution >= 4 is 45.1 Å². The minimum absolute atomic E-state index is 0.0578. The van der Waals surface area contributed by atoms with Gasteiger partial charge in [-0.1, -0.05) is 63.6 Å². The van der Waals surface area contributed by atoms with Gasteiger partial charge in [0.05, 0.1) is 10.8 Å². The van der Waals surface area contributed by atoms with E-state index in [-0.39, 0.29) is 5.78 Å². The Morgan fingerprint density at radius 1 is 1.16 bits per heavy atom. The first-order valence-electron chi connectivity index (χ1n) is 7.69. The lowest BCUT2D eigenvalue weighted by Crippen LogP contribution is -2.05. The SMILES string of the molecule is CCn1c(SCC(=O)c2ccc(Br)cc2)nnc1-c1ccccc1Cl. The standard InChI is InChI=1S/C18H15BrClN3OS/c1-2-23-17(14-5-3-4-6-15(14)20)21-22-18(23)25-11-16(24)12-7-9-13(19)10-8-12/h3-10H,2,11H2,1H3. The molecular weight excluding hydrogens is 422 g/mol. The number of carbonyl (C=O) groups excluding carboxylic acids is 1. The van der Waals surface area contributed by atoms with E-state index in [1.807, 2.05) is 60.0 Å². The zero-order valence-electron chi connectivity index (χ0n) is 13.4. The molecule has 0 spiro atoms. The average molecular weight is 437 g/mol. The molecule has 3 aromatic rings. The Morgan fingerprint density at radius 2 is 1.88 bits per heavy atom. The number of hydrogen-bond acceptors (Lipinski definition) is 4. The van der Waals surface area contributed by atoms with Gasteiger partial charge in [0.2, 0.25) is 0 Å². The van der Waals surface area contributed by atoms with Gasteiger partial charge in [0, 0.05) is 22.1 Å². The van der Waals surface area contributed by atoms with Crippen LogP contribution in [-0.4, -0.2) is 26.3 Å². The van der Waals surface area contributed by atoms with Crippen LogP contribution in [0.1, 0.15) is 17.3 Å². The number of aromatic nitrogens is 3. The first-order valence-corrected chi connectivity index (χ1v) is 9.85. The van der Waals surface area contributed by atoms with E-state index >= 15 is 0 Å². The number of benzene rings is 2. The molecule has 3 rings (SSSR count). The molecule has 7 heteroatoms. The zero-order valence-corrected chi connectivity index (χ0v) is 16.6. The van der Waals surface area contributed by atoms with Crippen molar-refractivity contribution in [1.29, 1.82) is 0 Å². The molecule has 1 aromatic heterocycles. The monoisotopic (exact) mass is 435 g/mol. The second-order valence-electron chi connectivity index (χ2n) is 5.25. The molecule has 0 bridgehead atoms. The number of nitrogens with zero attached hydrogens (tertiary/aromatic N) is 3. The highest BCUT2D eigenvalue weighted by Gasteiger charge is 2.16. The number of rotatable bonds is 6. The van der Waals surface area contributed by atoms with Crippen LogP contribution in [0.4, 0.5) is 0 Å². The van der Waals surface area contributed by atoms with Gasteiger partial charge < -0.3 is 4.57 Å². The highest BCUT2D eigenvalue weighted by molar-refractivity contribution is 9.10. The summed E-state index contributed by atoms with van der Waals surface area (Å²) in [6, 6.07) is 14.9. The highest BCUT2D eigenvalue weighted by Crippen LogP contribution is 2.29. The van der Waals surface area contributed by atoms with Gasteiger partial charge in [0.1, 0.15) is 0 Å². The summed E-state index contributed by atoms with van der Waals surface area (Å²) in [5.41, 5.74) is 1.52. The first kappa shape index (κ1) is 18.2. The zero-order chi connectivity index (χ0) is 17.8. The third-order valence-electron chi connectivity index (χ3n) is 3.65. The fourth-order valence-electron chi connectivity index (χ4n) is 2.37. The summed E-state index contributed by atoms with van der Waals surface area (Å²) in [4.78, 5) is 12.3. The molecule has 0 fully saturated rings. The maximum absolute atomic E-state index is 12.3. The largest absolute Gasteiger partial charge is 0.302 e. The van der Waals surface area contributed by atoms with E-state index in [0.717, 1.165) is 10.0 Å². The molecule has 0 aliphatic rings. The number of ketones is 1. The molecule has 4 nitrogen and oxygen atoms in total. The summed E-state index contributed by atoms with van der Waals surface area (Å²) in [5, 5.41) is 9.85. The van der Waals surface area contributed by atoms with Gasteiger partial charge in [-0.3, -0.25) is 4.79 Å². The molecule has 0 saturated heterocycles. The van der Waals surface area contributed by atoms with Gasteiger partial charge in [-0.25, -0.2) is 0 Å². The van der Waals surface area contributed by atoms with Crippen molar-refractivity contribution in [2.45, 2.75) is 18.6 Å². The number of hydrogen-bond donors (Lipinski definition) is 0. The number of thioether (sulfide) groups is 1. The van der Waals surface area contributed by atoms with Crippen molar-refractivity contribution in [1.82, 2.24) is 14.8 Å². The Labute approximate surface area is 163 Å². The van der Waals surface area contributed by atoms with Gasteiger partial charge in [-0.05, 0) is 31.2 Å². The molecule has 0 aliphatic heterocycles. The van der Waals surface area contributed by atoms with E-state index in [0.29, 0.717) is 33.9 Å². The molecule has 2 aromatic carbocycles. The predicted molar refractivity (Wildman–Crippen MR) is 105 cm³/mol.